The second-order valence-corrected chi connectivity index (χ2v) is 7.71. The fraction of sp³-hybridized carbons (Fsp3) is 0.0556. The lowest BCUT2D eigenvalue weighted by Crippen LogP contribution is -2.10. The van der Waals surface area contributed by atoms with E-state index in [1.807, 2.05) is 6.92 Å². The minimum atomic E-state index is -3.81. The Bertz CT molecular complexity index is 1010. The summed E-state index contributed by atoms with van der Waals surface area (Å²) >= 11 is 5.79. The number of benzene rings is 2. The Balaban J connectivity index is 1.82. The molecule has 0 saturated heterocycles. The number of nitrogens with one attached hydrogen (secondary N) is 1. The molecule has 0 radical (unpaired) electrons. The standard InChI is InChI=1S/C18H14ClNO4S/c1-12-2-8-15(9-3-12)25(22,23)17-11-10-16(24-17)18(21)20-14-6-4-13(19)5-7-14/h2-11H,1H3,(H,20,21). The molecule has 0 atom stereocenters. The maximum Gasteiger partial charge on any atom is 0.291 e. The van der Waals surface area contributed by atoms with E-state index in [4.69, 9.17) is 16.0 Å². The summed E-state index contributed by atoms with van der Waals surface area (Å²) in [5.41, 5.74) is 1.47. The molecule has 1 amide bonds. The molecule has 3 rings (SSSR count). The number of furan rings is 1. The number of hydrogen-bond donors (Lipinski definition) is 1. The zero-order valence-corrected chi connectivity index (χ0v) is 14.8. The molecule has 0 unspecified atom stereocenters. The number of carbonyl (C=O) groups is 1. The fourth-order valence-electron chi connectivity index (χ4n) is 2.15. The van der Waals surface area contributed by atoms with Crippen LogP contribution in [0.25, 0.3) is 0 Å². The van der Waals surface area contributed by atoms with Crippen molar-refractivity contribution < 1.29 is 17.6 Å². The maximum absolute atomic E-state index is 12.5. The number of carbonyl (C=O) groups excluding carboxylic acids is 1. The highest BCUT2D eigenvalue weighted by molar-refractivity contribution is 7.91. The van der Waals surface area contributed by atoms with Gasteiger partial charge in [0.1, 0.15) is 0 Å². The van der Waals surface area contributed by atoms with Gasteiger partial charge in [0.15, 0.2) is 5.76 Å². The van der Waals surface area contributed by atoms with Crippen molar-refractivity contribution in [1.29, 1.82) is 0 Å². The number of rotatable bonds is 4. The van der Waals surface area contributed by atoms with Crippen LogP contribution in [0.1, 0.15) is 16.1 Å². The van der Waals surface area contributed by atoms with Gasteiger partial charge in [-0.25, -0.2) is 8.42 Å². The summed E-state index contributed by atoms with van der Waals surface area (Å²) < 4.78 is 30.3. The maximum atomic E-state index is 12.5. The molecule has 0 aliphatic carbocycles. The first-order valence-electron chi connectivity index (χ1n) is 7.35. The Labute approximate surface area is 150 Å². The molecule has 0 aliphatic rings. The van der Waals surface area contributed by atoms with Gasteiger partial charge in [0.25, 0.3) is 5.91 Å². The Hall–Kier alpha value is -2.57. The van der Waals surface area contributed by atoms with Crippen LogP contribution in [0.5, 0.6) is 0 Å². The molecule has 0 aliphatic heterocycles. The van der Waals surface area contributed by atoms with Crippen LogP contribution < -0.4 is 5.32 Å². The number of amides is 1. The van der Waals surface area contributed by atoms with Crippen molar-refractivity contribution in [3.63, 3.8) is 0 Å². The monoisotopic (exact) mass is 375 g/mol. The third-order valence-corrected chi connectivity index (χ3v) is 5.40. The van der Waals surface area contributed by atoms with Gasteiger partial charge >= 0.3 is 0 Å². The van der Waals surface area contributed by atoms with Crippen molar-refractivity contribution in [3.8, 4) is 0 Å². The zero-order valence-electron chi connectivity index (χ0n) is 13.2. The van der Waals surface area contributed by atoms with Crippen molar-refractivity contribution in [3.05, 3.63) is 77.0 Å². The van der Waals surface area contributed by atoms with E-state index in [2.05, 4.69) is 5.32 Å². The van der Waals surface area contributed by atoms with Crippen LogP contribution in [0.2, 0.25) is 5.02 Å². The first-order chi connectivity index (χ1) is 11.9. The van der Waals surface area contributed by atoms with Crippen LogP contribution in [0.15, 0.2) is 75.1 Å². The quantitative estimate of drug-likeness (QED) is 0.736. The molecule has 25 heavy (non-hydrogen) atoms. The smallest absolute Gasteiger partial charge is 0.291 e. The number of aryl methyl sites for hydroxylation is 1. The van der Waals surface area contributed by atoms with Crippen molar-refractivity contribution in [2.24, 2.45) is 0 Å². The van der Waals surface area contributed by atoms with Gasteiger partial charge in [-0.05, 0) is 55.5 Å². The fourth-order valence-corrected chi connectivity index (χ4v) is 3.45. The van der Waals surface area contributed by atoms with Crippen molar-refractivity contribution in [2.45, 2.75) is 16.9 Å². The number of sulfone groups is 1. The lowest BCUT2D eigenvalue weighted by molar-refractivity contribution is 0.0991. The van der Waals surface area contributed by atoms with E-state index in [9.17, 15) is 13.2 Å². The normalized spacial score (nSPS) is 11.3. The Morgan fingerprint density at radius 2 is 1.60 bits per heavy atom. The second-order valence-electron chi connectivity index (χ2n) is 5.40. The topological polar surface area (TPSA) is 76.4 Å². The van der Waals surface area contributed by atoms with E-state index < -0.39 is 15.7 Å². The van der Waals surface area contributed by atoms with E-state index in [1.54, 1.807) is 36.4 Å². The van der Waals surface area contributed by atoms with Gasteiger partial charge < -0.3 is 9.73 Å². The van der Waals surface area contributed by atoms with Crippen LogP contribution in [-0.4, -0.2) is 14.3 Å². The van der Waals surface area contributed by atoms with Crippen molar-refractivity contribution in [1.82, 2.24) is 0 Å². The van der Waals surface area contributed by atoms with Gasteiger partial charge in [-0.1, -0.05) is 29.3 Å². The van der Waals surface area contributed by atoms with E-state index in [-0.39, 0.29) is 15.7 Å². The van der Waals surface area contributed by atoms with Gasteiger partial charge in [-0.15, -0.1) is 0 Å². The lowest BCUT2D eigenvalue weighted by Gasteiger charge is -2.04. The van der Waals surface area contributed by atoms with E-state index >= 15 is 0 Å². The summed E-state index contributed by atoms with van der Waals surface area (Å²) in [6.45, 7) is 1.86. The average molecular weight is 376 g/mol. The molecule has 1 aromatic heterocycles. The van der Waals surface area contributed by atoms with Gasteiger partial charge in [0.05, 0.1) is 4.90 Å². The molecule has 0 bridgehead atoms. The predicted octanol–water partition coefficient (Wildman–Crippen LogP) is 4.33. The van der Waals surface area contributed by atoms with E-state index in [0.29, 0.717) is 10.7 Å². The summed E-state index contributed by atoms with van der Waals surface area (Å²) in [5, 5.41) is 2.88. The highest BCUT2D eigenvalue weighted by Crippen LogP contribution is 2.24. The molecule has 5 nitrogen and oxygen atoms in total. The molecule has 128 valence electrons. The molecule has 2 aromatic carbocycles. The van der Waals surface area contributed by atoms with Gasteiger partial charge in [0.2, 0.25) is 14.9 Å². The Morgan fingerprint density at radius 3 is 2.24 bits per heavy atom. The van der Waals surface area contributed by atoms with Gasteiger partial charge in [0, 0.05) is 10.7 Å². The van der Waals surface area contributed by atoms with Crippen molar-refractivity contribution >= 4 is 33.0 Å². The minimum Gasteiger partial charge on any atom is -0.439 e. The highest BCUT2D eigenvalue weighted by Gasteiger charge is 2.23. The van der Waals surface area contributed by atoms with Crippen molar-refractivity contribution in [2.75, 3.05) is 5.32 Å². The predicted molar refractivity (Wildman–Crippen MR) is 94.7 cm³/mol. The number of hydrogen-bond acceptors (Lipinski definition) is 4. The zero-order chi connectivity index (χ0) is 18.0. The first kappa shape index (κ1) is 17.3. The van der Waals surface area contributed by atoms with Crippen LogP contribution in [0.3, 0.4) is 0 Å². The molecular weight excluding hydrogens is 362 g/mol. The summed E-state index contributed by atoms with van der Waals surface area (Å²) in [5.74, 6) is -0.645. The average Bonchev–Trinajstić information content (AvgIpc) is 3.08. The second kappa shape index (κ2) is 6.74. The third-order valence-electron chi connectivity index (χ3n) is 3.50. The summed E-state index contributed by atoms with van der Waals surface area (Å²) in [6, 6.07) is 15.5. The number of halogens is 1. The lowest BCUT2D eigenvalue weighted by atomic mass is 10.2. The van der Waals surface area contributed by atoms with E-state index in [1.165, 1.54) is 24.3 Å². The molecule has 7 heteroatoms. The molecule has 0 fully saturated rings. The highest BCUT2D eigenvalue weighted by atomic mass is 35.5. The van der Waals surface area contributed by atoms with E-state index in [0.717, 1.165) is 5.56 Å². The molecule has 1 N–H and O–H groups in total. The first-order valence-corrected chi connectivity index (χ1v) is 9.21. The summed E-state index contributed by atoms with van der Waals surface area (Å²) in [7, 11) is -3.81. The van der Waals surface area contributed by atoms with Gasteiger partial charge in [-0.3, -0.25) is 4.79 Å². The van der Waals surface area contributed by atoms with Crippen LogP contribution in [-0.2, 0) is 9.84 Å². The molecule has 0 saturated carbocycles. The molecular formula is C18H14ClNO4S. The Morgan fingerprint density at radius 1 is 0.960 bits per heavy atom. The molecule has 3 aromatic rings. The van der Waals surface area contributed by atoms with Crippen LogP contribution in [0, 0.1) is 6.92 Å². The summed E-state index contributed by atoms with van der Waals surface area (Å²) in [4.78, 5) is 12.3. The summed E-state index contributed by atoms with van der Waals surface area (Å²) in [6.07, 6.45) is 0. The minimum absolute atomic E-state index is 0.0966. The number of anilines is 1. The SMILES string of the molecule is Cc1ccc(S(=O)(=O)c2ccc(C(=O)Nc3ccc(Cl)cc3)o2)cc1. The Kier molecular flexibility index (Phi) is 4.65. The molecule has 1 heterocycles. The van der Waals surface area contributed by atoms with Crippen LogP contribution >= 0.6 is 11.6 Å². The van der Waals surface area contributed by atoms with Crippen LogP contribution in [0.4, 0.5) is 5.69 Å². The largest absolute Gasteiger partial charge is 0.439 e. The van der Waals surface area contributed by atoms with Gasteiger partial charge in [-0.2, -0.15) is 0 Å². The third kappa shape index (κ3) is 3.75. The molecule has 0 spiro atoms.